The molecule has 0 rings (SSSR count). The second-order valence-corrected chi connectivity index (χ2v) is 19.8. The zero-order valence-electron chi connectivity index (χ0n) is 40.7. The molecule has 0 spiro atoms. The summed E-state index contributed by atoms with van der Waals surface area (Å²) >= 11 is 0. The molecular weight excluding hydrogens is 784 g/mol. The third-order valence-electron chi connectivity index (χ3n) is 11.1. The highest BCUT2D eigenvalue weighted by Crippen LogP contribution is 2.43. The number of carbonyl (C=O) groups excluding carboxylic acids is 2. The highest BCUT2D eigenvalue weighted by Gasteiger charge is 2.30. The number of hydrogen-bond donors (Lipinski definition) is 2. The van der Waals surface area contributed by atoms with E-state index < -0.39 is 20.0 Å². The molecule has 10 heteroatoms. The number of nitrogens with one attached hydrogen (secondary N) is 1. The highest BCUT2D eigenvalue weighted by atomic mass is 31.2. The summed E-state index contributed by atoms with van der Waals surface area (Å²) in [4.78, 5) is 37.3. The fraction of sp³-hybridized carbons (Fsp3) is 0.843. The first-order chi connectivity index (χ1) is 29.4. The molecule has 0 saturated heterocycles. The van der Waals surface area contributed by atoms with Crippen molar-refractivity contribution in [2.24, 2.45) is 0 Å². The SMILES string of the molecule is CCCC/C=C\CCCCCCCC(=O)NC(COP(=O)(O)OCC[N+](C)(C)C)C(/C=C/CCCCCCCCCCC)OC(=O)CCCCC/C=C\CCCCCCCC. The van der Waals surface area contributed by atoms with E-state index in [0.717, 1.165) is 89.9 Å². The van der Waals surface area contributed by atoms with E-state index in [1.54, 1.807) is 0 Å². The Hall–Kier alpha value is -1.77. The number of quaternary nitrogens is 1. The lowest BCUT2D eigenvalue weighted by Crippen LogP contribution is -2.47. The minimum atomic E-state index is -4.43. The minimum Gasteiger partial charge on any atom is -0.456 e. The average molecular weight is 882 g/mol. The molecule has 1 amide bonds. The van der Waals surface area contributed by atoms with Crippen LogP contribution in [0.5, 0.6) is 0 Å². The van der Waals surface area contributed by atoms with Crippen molar-refractivity contribution in [1.82, 2.24) is 5.32 Å². The molecule has 9 nitrogen and oxygen atoms in total. The van der Waals surface area contributed by atoms with Gasteiger partial charge in [0.15, 0.2) is 0 Å². The van der Waals surface area contributed by atoms with Crippen molar-refractivity contribution in [3.63, 3.8) is 0 Å². The first-order valence-corrected chi connectivity index (χ1v) is 26.8. The summed E-state index contributed by atoms with van der Waals surface area (Å²) in [5.74, 6) is -0.536. The Labute approximate surface area is 376 Å². The molecule has 0 aromatic rings. The van der Waals surface area contributed by atoms with E-state index in [-0.39, 0.29) is 31.5 Å². The van der Waals surface area contributed by atoms with Crippen LogP contribution in [-0.4, -0.2) is 74.3 Å². The van der Waals surface area contributed by atoms with Crippen LogP contribution in [0, 0.1) is 0 Å². The van der Waals surface area contributed by atoms with E-state index in [1.807, 2.05) is 33.3 Å². The maximum absolute atomic E-state index is 13.4. The molecule has 0 saturated carbocycles. The van der Waals surface area contributed by atoms with Crippen molar-refractivity contribution in [2.75, 3.05) is 40.9 Å². The number of unbranched alkanes of at least 4 members (excludes halogenated alkanes) is 25. The van der Waals surface area contributed by atoms with E-state index >= 15 is 0 Å². The quantitative estimate of drug-likeness (QED) is 0.0206. The minimum absolute atomic E-state index is 0.0371. The number of nitrogens with zero attached hydrogens (tertiary/aromatic N) is 1. The van der Waals surface area contributed by atoms with Crippen molar-refractivity contribution in [3.8, 4) is 0 Å². The molecule has 0 bridgehead atoms. The van der Waals surface area contributed by atoms with Gasteiger partial charge in [-0.3, -0.25) is 18.6 Å². The number of carbonyl (C=O) groups is 2. The van der Waals surface area contributed by atoms with E-state index in [4.69, 9.17) is 13.8 Å². The molecule has 0 heterocycles. The lowest BCUT2D eigenvalue weighted by molar-refractivity contribution is -0.870. The summed E-state index contributed by atoms with van der Waals surface area (Å²) in [6.45, 7) is 6.92. The number of phosphoric acid groups is 1. The van der Waals surface area contributed by atoms with Gasteiger partial charge in [-0.05, 0) is 76.7 Å². The summed E-state index contributed by atoms with van der Waals surface area (Å²) in [5, 5.41) is 3.02. The van der Waals surface area contributed by atoms with Gasteiger partial charge in [-0.25, -0.2) is 4.57 Å². The normalized spacial score (nSPS) is 14.3. The van der Waals surface area contributed by atoms with Gasteiger partial charge in [-0.15, -0.1) is 0 Å². The third kappa shape index (κ3) is 43.3. The molecule has 2 N–H and O–H groups in total. The van der Waals surface area contributed by atoms with Crippen LogP contribution < -0.4 is 5.32 Å². The van der Waals surface area contributed by atoms with Gasteiger partial charge in [0, 0.05) is 12.8 Å². The van der Waals surface area contributed by atoms with Gasteiger partial charge in [-0.1, -0.05) is 173 Å². The lowest BCUT2D eigenvalue weighted by Gasteiger charge is -2.27. The number of phosphoric ester groups is 1. The van der Waals surface area contributed by atoms with Gasteiger partial charge in [0.2, 0.25) is 5.91 Å². The number of hydrogen-bond acceptors (Lipinski definition) is 6. The Balaban J connectivity index is 5.48. The molecule has 61 heavy (non-hydrogen) atoms. The third-order valence-corrected chi connectivity index (χ3v) is 12.0. The van der Waals surface area contributed by atoms with Gasteiger partial charge in [-0.2, -0.15) is 0 Å². The number of rotatable bonds is 45. The second kappa shape index (κ2) is 42.2. The molecule has 0 aliphatic rings. The van der Waals surface area contributed by atoms with Crippen molar-refractivity contribution < 1.29 is 37.3 Å². The van der Waals surface area contributed by atoms with Crippen molar-refractivity contribution >= 4 is 19.7 Å². The topological polar surface area (TPSA) is 111 Å². The molecule has 0 aromatic heterocycles. The summed E-state index contributed by atoms with van der Waals surface area (Å²) in [5.41, 5.74) is 0. The maximum atomic E-state index is 13.4. The van der Waals surface area contributed by atoms with Gasteiger partial charge in [0.05, 0.1) is 33.8 Å². The number of esters is 1. The van der Waals surface area contributed by atoms with Crippen LogP contribution in [-0.2, 0) is 27.9 Å². The summed E-state index contributed by atoms with van der Waals surface area (Å²) in [6.07, 6.45) is 47.1. The van der Waals surface area contributed by atoms with E-state index in [0.29, 0.717) is 23.9 Å². The molecular formula is C51H98N2O7P+. The summed E-state index contributed by atoms with van der Waals surface area (Å²) < 4.78 is 30.4. The second-order valence-electron chi connectivity index (χ2n) is 18.3. The van der Waals surface area contributed by atoms with Crippen molar-refractivity contribution in [2.45, 2.75) is 238 Å². The first kappa shape index (κ1) is 59.2. The fourth-order valence-electron chi connectivity index (χ4n) is 7.03. The van der Waals surface area contributed by atoms with E-state index in [2.05, 4.69) is 50.4 Å². The van der Waals surface area contributed by atoms with Crippen LogP contribution in [0.3, 0.4) is 0 Å². The Morgan fingerprint density at radius 3 is 1.46 bits per heavy atom. The Morgan fingerprint density at radius 1 is 0.557 bits per heavy atom. The van der Waals surface area contributed by atoms with E-state index in [1.165, 1.54) is 96.3 Å². The van der Waals surface area contributed by atoms with Gasteiger partial charge in [0.1, 0.15) is 19.3 Å². The average Bonchev–Trinajstić information content (AvgIpc) is 3.21. The first-order valence-electron chi connectivity index (χ1n) is 25.3. The molecule has 0 aliphatic heterocycles. The van der Waals surface area contributed by atoms with Crippen molar-refractivity contribution in [3.05, 3.63) is 36.5 Å². The number of ether oxygens (including phenoxy) is 1. The monoisotopic (exact) mass is 882 g/mol. The van der Waals surface area contributed by atoms with Gasteiger partial charge in [0.25, 0.3) is 0 Å². The number of amides is 1. The molecule has 0 radical (unpaired) electrons. The van der Waals surface area contributed by atoms with Crippen LogP contribution >= 0.6 is 7.82 Å². The molecule has 0 fully saturated rings. The maximum Gasteiger partial charge on any atom is 0.472 e. The van der Waals surface area contributed by atoms with Crippen molar-refractivity contribution in [1.29, 1.82) is 0 Å². The lowest BCUT2D eigenvalue weighted by atomic mass is 10.1. The molecule has 0 aromatic carbocycles. The number of likely N-dealkylation sites (N-methyl/N-ethyl adjacent to an activating group) is 1. The molecule has 3 atom stereocenters. The van der Waals surface area contributed by atoms with Crippen LogP contribution in [0.1, 0.15) is 226 Å². The molecule has 0 aliphatic carbocycles. The van der Waals surface area contributed by atoms with Crippen LogP contribution in [0.15, 0.2) is 36.5 Å². The Morgan fingerprint density at radius 2 is 0.967 bits per heavy atom. The molecule has 3 unspecified atom stereocenters. The Bertz CT molecular complexity index is 1150. The smallest absolute Gasteiger partial charge is 0.456 e. The summed E-state index contributed by atoms with van der Waals surface area (Å²) in [7, 11) is 1.48. The zero-order valence-corrected chi connectivity index (χ0v) is 41.6. The predicted molar refractivity (Wildman–Crippen MR) is 259 cm³/mol. The zero-order chi connectivity index (χ0) is 45.1. The highest BCUT2D eigenvalue weighted by molar-refractivity contribution is 7.47. The van der Waals surface area contributed by atoms with Gasteiger partial charge < -0.3 is 19.4 Å². The van der Waals surface area contributed by atoms with Crippen LogP contribution in [0.2, 0.25) is 0 Å². The summed E-state index contributed by atoms with van der Waals surface area (Å²) in [6, 6.07) is -0.852. The van der Waals surface area contributed by atoms with E-state index in [9.17, 15) is 19.0 Å². The van der Waals surface area contributed by atoms with Gasteiger partial charge >= 0.3 is 13.8 Å². The number of allylic oxidation sites excluding steroid dienone is 5. The largest absolute Gasteiger partial charge is 0.472 e. The predicted octanol–water partition coefficient (Wildman–Crippen LogP) is 14.4. The van der Waals surface area contributed by atoms with Crippen LogP contribution in [0.4, 0.5) is 0 Å². The standard InChI is InChI=1S/C51H97N2O7P/c1-7-10-13-16-19-22-25-26-29-32-35-38-41-44-51(55)60-49(42-39-36-33-30-27-23-20-17-14-11-8-2)48(47-59-61(56,57)58-46-45-53(4,5)6)52-50(54)43-40-37-34-31-28-24-21-18-15-12-9-3/h18,21,26,29,39,42,48-49H,7-17,19-20,22-25,27-28,30-38,40-41,43-47H2,1-6H3,(H-,52,54,56,57)/p+1/b21-18-,29-26-,42-39+. The Kier molecular flexibility index (Phi) is 41.0. The van der Waals surface area contributed by atoms with Crippen LogP contribution in [0.25, 0.3) is 0 Å². The fourth-order valence-corrected chi connectivity index (χ4v) is 7.77. The molecule has 358 valence electrons.